The highest BCUT2D eigenvalue weighted by molar-refractivity contribution is 6.10. The molecule has 0 unspecified atom stereocenters. The van der Waals surface area contributed by atoms with Gasteiger partial charge in [0.25, 0.3) is 5.91 Å². The summed E-state index contributed by atoms with van der Waals surface area (Å²) < 4.78 is 1.47. The summed E-state index contributed by atoms with van der Waals surface area (Å²) in [7, 11) is 0. The van der Waals surface area contributed by atoms with E-state index in [0.29, 0.717) is 34.3 Å². The highest BCUT2D eigenvalue weighted by Gasteiger charge is 2.23. The Hall–Kier alpha value is -3.81. The third-order valence-electron chi connectivity index (χ3n) is 5.05. The molecule has 1 aromatic carbocycles. The Morgan fingerprint density at radius 2 is 1.84 bits per heavy atom. The van der Waals surface area contributed by atoms with E-state index in [1.54, 1.807) is 18.6 Å². The average Bonchev–Trinajstić information content (AvgIpc) is 3.06. The molecule has 0 radical (unpaired) electrons. The van der Waals surface area contributed by atoms with Crippen LogP contribution in [-0.4, -0.2) is 38.3 Å². The van der Waals surface area contributed by atoms with E-state index in [2.05, 4.69) is 32.3 Å². The Bertz CT molecular complexity index is 1230. The van der Waals surface area contributed by atoms with E-state index in [0.717, 1.165) is 31.2 Å². The largest absolute Gasteiger partial charge is 0.383 e. The second-order valence-corrected chi connectivity index (χ2v) is 7.30. The maximum Gasteiger partial charge on any atom is 0.257 e. The van der Waals surface area contributed by atoms with Gasteiger partial charge in [-0.15, -0.1) is 0 Å². The zero-order valence-electron chi connectivity index (χ0n) is 17.5. The highest BCUT2D eigenvalue weighted by Crippen LogP contribution is 2.27. The van der Waals surface area contributed by atoms with Gasteiger partial charge in [-0.2, -0.15) is 9.78 Å². The lowest BCUT2D eigenvalue weighted by atomic mass is 10.2. The molecule has 0 aliphatic heterocycles. The number of amides is 1. The summed E-state index contributed by atoms with van der Waals surface area (Å²) in [6.45, 7) is 2.75. The van der Waals surface area contributed by atoms with Gasteiger partial charge in [0, 0.05) is 18.9 Å². The summed E-state index contributed by atoms with van der Waals surface area (Å²) >= 11 is 0. The first kappa shape index (κ1) is 20.5. The number of carbonyl (C=O) groups excluding carboxylic acids is 1. The molecule has 3 N–H and O–H groups in total. The number of nitrogens with one attached hydrogen (secondary N) is 1. The van der Waals surface area contributed by atoms with Crippen LogP contribution in [0.1, 0.15) is 48.5 Å². The molecule has 3 heterocycles. The molecule has 0 spiro atoms. The minimum atomic E-state index is -0.263. The Balaban J connectivity index is 1.75. The highest BCUT2D eigenvalue weighted by atomic mass is 16.1. The lowest BCUT2D eigenvalue weighted by molar-refractivity contribution is 0.0955. The maximum absolute atomic E-state index is 13.0. The van der Waals surface area contributed by atoms with E-state index in [-0.39, 0.29) is 11.7 Å². The number of fused-ring (bicyclic) bond motifs is 2. The van der Waals surface area contributed by atoms with Gasteiger partial charge in [0.15, 0.2) is 5.65 Å². The van der Waals surface area contributed by atoms with Crippen molar-refractivity contribution >= 4 is 40.1 Å². The fourth-order valence-electron chi connectivity index (χ4n) is 3.40. The number of carbonyl (C=O) groups is 1. The quantitative estimate of drug-likeness (QED) is 0.336. The first-order valence-corrected chi connectivity index (χ1v) is 10.5. The van der Waals surface area contributed by atoms with Gasteiger partial charge in [-0.1, -0.05) is 38.3 Å². The Morgan fingerprint density at radius 3 is 2.58 bits per heavy atom. The van der Waals surface area contributed by atoms with Crippen molar-refractivity contribution in [3.63, 3.8) is 0 Å². The number of aromatic nitrogens is 4. The van der Waals surface area contributed by atoms with Gasteiger partial charge in [0.2, 0.25) is 0 Å². The van der Waals surface area contributed by atoms with Crippen LogP contribution in [-0.2, 0) is 0 Å². The van der Waals surface area contributed by atoms with Crippen molar-refractivity contribution in [1.29, 1.82) is 0 Å². The fourth-order valence-corrected chi connectivity index (χ4v) is 3.40. The van der Waals surface area contributed by atoms with Gasteiger partial charge in [-0.05, 0) is 36.2 Å². The molecular weight excluding hydrogens is 390 g/mol. The monoisotopic (exact) mass is 415 g/mol. The molecule has 0 atom stereocenters. The van der Waals surface area contributed by atoms with Crippen LogP contribution < -0.4 is 11.1 Å². The smallest absolute Gasteiger partial charge is 0.257 e. The predicted octanol–water partition coefficient (Wildman–Crippen LogP) is 3.75. The maximum atomic E-state index is 13.0. The van der Waals surface area contributed by atoms with Crippen molar-refractivity contribution in [2.75, 3.05) is 12.3 Å². The Morgan fingerprint density at radius 1 is 1.10 bits per heavy atom. The van der Waals surface area contributed by atoms with Gasteiger partial charge in [-0.3, -0.25) is 9.78 Å². The third kappa shape index (κ3) is 4.37. The van der Waals surface area contributed by atoms with Crippen LogP contribution >= 0.6 is 0 Å². The fraction of sp³-hybridized carbons (Fsp3) is 0.261. The van der Waals surface area contributed by atoms with Crippen LogP contribution in [0.2, 0.25) is 0 Å². The van der Waals surface area contributed by atoms with Crippen LogP contribution in [0.25, 0.3) is 22.2 Å². The van der Waals surface area contributed by atoms with E-state index >= 15 is 0 Å². The van der Waals surface area contributed by atoms with Crippen LogP contribution in [0.5, 0.6) is 0 Å². The third-order valence-corrected chi connectivity index (χ3v) is 5.05. The lowest BCUT2D eigenvalue weighted by Gasteiger charge is -2.05. The second kappa shape index (κ2) is 9.34. The standard InChI is InChI=1S/C23H25N7O/c1-2-3-4-7-12-26-23(31)19-20-22(29-18-9-6-5-8-17(18)28-20)30(21(19)24)27-15-16-10-13-25-14-11-16/h5-6,8-11,13-15H,2-4,7,12,24H2,1H3,(H,26,31). The summed E-state index contributed by atoms with van der Waals surface area (Å²) in [5.41, 5.74) is 9.83. The number of nitrogen functional groups attached to an aromatic ring is 1. The molecule has 0 saturated carbocycles. The second-order valence-electron chi connectivity index (χ2n) is 7.30. The zero-order valence-corrected chi connectivity index (χ0v) is 17.5. The molecule has 3 aromatic heterocycles. The number of pyridine rings is 1. The number of para-hydroxylation sites is 2. The predicted molar refractivity (Wildman–Crippen MR) is 123 cm³/mol. The van der Waals surface area contributed by atoms with E-state index < -0.39 is 0 Å². The zero-order chi connectivity index (χ0) is 21.6. The normalized spacial score (nSPS) is 11.5. The van der Waals surface area contributed by atoms with Crippen molar-refractivity contribution in [2.24, 2.45) is 5.10 Å². The molecule has 31 heavy (non-hydrogen) atoms. The number of nitrogens with two attached hydrogens (primary N) is 1. The van der Waals surface area contributed by atoms with Gasteiger partial charge in [0.05, 0.1) is 17.2 Å². The molecular formula is C23H25N7O. The summed E-state index contributed by atoms with van der Waals surface area (Å²) in [5, 5.41) is 7.46. The van der Waals surface area contributed by atoms with Crippen molar-refractivity contribution in [3.8, 4) is 0 Å². The lowest BCUT2D eigenvalue weighted by Crippen LogP contribution is -2.25. The van der Waals surface area contributed by atoms with Crippen molar-refractivity contribution in [1.82, 2.24) is 24.9 Å². The van der Waals surface area contributed by atoms with E-state index in [4.69, 9.17) is 5.73 Å². The molecule has 8 heteroatoms. The first-order valence-electron chi connectivity index (χ1n) is 10.5. The molecule has 0 aliphatic carbocycles. The number of hydrogen-bond acceptors (Lipinski definition) is 6. The molecule has 4 aromatic rings. The Kier molecular flexibility index (Phi) is 6.16. The van der Waals surface area contributed by atoms with Crippen molar-refractivity contribution in [3.05, 3.63) is 59.9 Å². The number of benzene rings is 1. The molecule has 0 fully saturated rings. The van der Waals surface area contributed by atoms with Gasteiger partial charge < -0.3 is 11.1 Å². The van der Waals surface area contributed by atoms with Crippen molar-refractivity contribution in [2.45, 2.75) is 32.6 Å². The molecule has 0 aliphatic rings. The van der Waals surface area contributed by atoms with E-state index in [1.807, 2.05) is 36.4 Å². The molecule has 0 bridgehead atoms. The first-order chi connectivity index (χ1) is 15.2. The van der Waals surface area contributed by atoms with Gasteiger partial charge >= 0.3 is 0 Å². The molecule has 8 nitrogen and oxygen atoms in total. The van der Waals surface area contributed by atoms with Crippen LogP contribution in [0.15, 0.2) is 53.9 Å². The SMILES string of the molecule is CCCCCCNC(=O)c1c(N)n(N=Cc2ccncc2)c2nc3ccccc3nc12. The summed E-state index contributed by atoms with van der Waals surface area (Å²) in [5.74, 6) is -0.0527. The van der Waals surface area contributed by atoms with Crippen LogP contribution in [0.3, 0.4) is 0 Å². The topological polar surface area (TPSA) is 111 Å². The molecule has 4 rings (SSSR count). The van der Waals surface area contributed by atoms with Crippen LogP contribution in [0.4, 0.5) is 5.82 Å². The minimum absolute atomic E-state index is 0.210. The van der Waals surface area contributed by atoms with E-state index in [9.17, 15) is 4.79 Å². The summed E-state index contributed by atoms with van der Waals surface area (Å²) in [6, 6.07) is 11.2. The minimum Gasteiger partial charge on any atom is -0.383 e. The summed E-state index contributed by atoms with van der Waals surface area (Å²) in [4.78, 5) is 26.4. The number of nitrogens with zero attached hydrogens (tertiary/aromatic N) is 5. The summed E-state index contributed by atoms with van der Waals surface area (Å²) in [6.07, 6.45) is 9.32. The van der Waals surface area contributed by atoms with Gasteiger partial charge in [0.1, 0.15) is 16.9 Å². The Labute approximate surface area is 180 Å². The molecule has 1 amide bonds. The number of rotatable bonds is 8. The van der Waals surface area contributed by atoms with Gasteiger partial charge in [-0.25, -0.2) is 9.97 Å². The number of unbranched alkanes of at least 4 members (excludes halogenated alkanes) is 3. The number of hydrogen-bond donors (Lipinski definition) is 2. The van der Waals surface area contributed by atoms with E-state index in [1.165, 1.54) is 4.68 Å². The molecule has 0 saturated heterocycles. The average molecular weight is 416 g/mol. The molecule has 158 valence electrons. The van der Waals surface area contributed by atoms with Crippen molar-refractivity contribution < 1.29 is 4.79 Å². The van der Waals surface area contributed by atoms with Crippen LogP contribution in [0, 0.1) is 0 Å². The number of anilines is 1.